The highest BCUT2D eigenvalue weighted by Gasteiger charge is 2.34. The van der Waals surface area contributed by atoms with Crippen LogP contribution < -0.4 is 4.90 Å². The lowest BCUT2D eigenvalue weighted by Crippen LogP contribution is -2.43. The van der Waals surface area contributed by atoms with Crippen molar-refractivity contribution in [2.75, 3.05) is 4.90 Å². The van der Waals surface area contributed by atoms with Crippen molar-refractivity contribution in [3.63, 3.8) is 0 Å². The molecule has 2 aromatic carbocycles. The molecule has 0 saturated carbocycles. The summed E-state index contributed by atoms with van der Waals surface area (Å²) < 4.78 is 5.34. The van der Waals surface area contributed by atoms with Gasteiger partial charge in [-0.15, -0.1) is 0 Å². The minimum absolute atomic E-state index is 0.0187. The number of hydrogen-bond donors (Lipinski definition) is 0. The summed E-state index contributed by atoms with van der Waals surface area (Å²) in [6.07, 6.45) is -0.140. The van der Waals surface area contributed by atoms with Gasteiger partial charge >= 0.3 is 5.97 Å². The first kappa shape index (κ1) is 17.8. The number of para-hydroxylation sites is 1. The molecule has 0 aromatic heterocycles. The topological polar surface area (TPSA) is 46.6 Å². The van der Waals surface area contributed by atoms with E-state index < -0.39 is 12.1 Å². The number of hydrogen-bond acceptors (Lipinski definition) is 3. The Bertz CT molecular complexity index is 837. The number of carbonyl (C=O) groups excluding carboxylic acids is 2. The Hall–Kier alpha value is -2.04. The Morgan fingerprint density at radius 3 is 2.64 bits per heavy atom. The average molecular weight is 378 g/mol. The highest BCUT2D eigenvalue weighted by Crippen LogP contribution is 2.32. The van der Waals surface area contributed by atoms with E-state index in [0.717, 1.165) is 17.7 Å². The monoisotopic (exact) mass is 377 g/mol. The molecule has 4 nitrogen and oxygen atoms in total. The molecule has 0 aliphatic carbocycles. The first-order valence-electron chi connectivity index (χ1n) is 7.95. The summed E-state index contributed by atoms with van der Waals surface area (Å²) in [4.78, 5) is 26.8. The number of amides is 1. The highest BCUT2D eigenvalue weighted by molar-refractivity contribution is 6.36. The zero-order valence-electron chi connectivity index (χ0n) is 13.8. The zero-order chi connectivity index (χ0) is 18.1. The average Bonchev–Trinajstić information content (AvgIpc) is 2.89. The van der Waals surface area contributed by atoms with Crippen molar-refractivity contribution in [2.24, 2.45) is 0 Å². The van der Waals surface area contributed by atoms with E-state index in [2.05, 4.69) is 0 Å². The van der Waals surface area contributed by atoms with Gasteiger partial charge in [-0.05, 0) is 50.1 Å². The Morgan fingerprint density at radius 2 is 1.92 bits per heavy atom. The second kappa shape index (κ2) is 7.06. The van der Waals surface area contributed by atoms with Crippen LogP contribution in [0.25, 0.3) is 0 Å². The molecule has 2 atom stereocenters. The molecule has 1 aliphatic rings. The molecule has 0 fully saturated rings. The maximum Gasteiger partial charge on any atom is 0.340 e. The molecular formula is C19H17Cl2NO3. The number of benzene rings is 2. The molecule has 130 valence electrons. The van der Waals surface area contributed by atoms with Gasteiger partial charge in [-0.25, -0.2) is 4.79 Å². The SMILES string of the molecule is C[C@H](OC(=O)c1ccc(Cl)cc1Cl)C(=O)N1c2ccccc2C[C@H]1C. The molecule has 25 heavy (non-hydrogen) atoms. The Labute approximate surface area is 156 Å². The number of halogens is 2. The van der Waals surface area contributed by atoms with Crippen LogP contribution in [0.2, 0.25) is 10.0 Å². The van der Waals surface area contributed by atoms with Gasteiger partial charge in [-0.1, -0.05) is 41.4 Å². The largest absolute Gasteiger partial charge is 0.449 e. The fourth-order valence-corrected chi connectivity index (χ4v) is 3.51. The second-order valence-corrected chi connectivity index (χ2v) is 6.91. The number of rotatable bonds is 3. The molecule has 0 radical (unpaired) electrons. The van der Waals surface area contributed by atoms with Gasteiger partial charge in [-0.2, -0.15) is 0 Å². The van der Waals surface area contributed by atoms with E-state index in [1.54, 1.807) is 17.9 Å². The van der Waals surface area contributed by atoms with Crippen LogP contribution in [0.4, 0.5) is 5.69 Å². The standard InChI is InChI=1S/C19H17Cl2NO3/c1-11-9-13-5-3-4-6-17(13)22(11)18(23)12(2)25-19(24)15-8-7-14(20)10-16(15)21/h3-8,10-12H,9H2,1-2H3/t11-,12+/m1/s1. The van der Waals surface area contributed by atoms with Crippen molar-refractivity contribution in [1.29, 1.82) is 0 Å². The summed E-state index contributed by atoms with van der Waals surface area (Å²) in [7, 11) is 0. The van der Waals surface area contributed by atoms with Crippen molar-refractivity contribution in [3.8, 4) is 0 Å². The van der Waals surface area contributed by atoms with Crippen LogP contribution in [0, 0.1) is 0 Å². The van der Waals surface area contributed by atoms with E-state index in [-0.39, 0.29) is 22.5 Å². The lowest BCUT2D eigenvalue weighted by atomic mass is 10.1. The Balaban J connectivity index is 1.76. The van der Waals surface area contributed by atoms with Crippen LogP contribution in [0.5, 0.6) is 0 Å². The predicted octanol–water partition coefficient (Wildman–Crippen LogP) is 4.52. The minimum Gasteiger partial charge on any atom is -0.449 e. The van der Waals surface area contributed by atoms with Crippen LogP contribution in [-0.4, -0.2) is 24.0 Å². The number of nitrogens with zero attached hydrogens (tertiary/aromatic N) is 1. The van der Waals surface area contributed by atoms with Gasteiger partial charge in [0.2, 0.25) is 0 Å². The molecule has 0 bridgehead atoms. The van der Waals surface area contributed by atoms with Crippen molar-refractivity contribution >= 4 is 40.8 Å². The van der Waals surface area contributed by atoms with Crippen LogP contribution in [0.1, 0.15) is 29.8 Å². The second-order valence-electron chi connectivity index (χ2n) is 6.06. The van der Waals surface area contributed by atoms with Crippen molar-refractivity contribution < 1.29 is 14.3 Å². The molecule has 0 saturated heterocycles. The van der Waals surface area contributed by atoms with E-state index in [1.165, 1.54) is 12.1 Å². The Kier molecular flexibility index (Phi) is 5.02. The summed E-state index contributed by atoms with van der Waals surface area (Å²) in [5.41, 5.74) is 2.16. The molecular weight excluding hydrogens is 361 g/mol. The third kappa shape index (κ3) is 3.51. The molecule has 1 aliphatic heterocycles. The molecule has 1 amide bonds. The molecule has 6 heteroatoms. The lowest BCUT2D eigenvalue weighted by Gasteiger charge is -2.26. The van der Waals surface area contributed by atoms with Crippen LogP contribution in [0.3, 0.4) is 0 Å². The van der Waals surface area contributed by atoms with Gasteiger partial charge in [0.05, 0.1) is 10.6 Å². The number of carbonyl (C=O) groups is 2. The van der Waals surface area contributed by atoms with E-state index in [9.17, 15) is 9.59 Å². The Morgan fingerprint density at radius 1 is 1.20 bits per heavy atom. The molecule has 1 heterocycles. The van der Waals surface area contributed by atoms with Crippen LogP contribution in [0.15, 0.2) is 42.5 Å². The van der Waals surface area contributed by atoms with Crippen molar-refractivity contribution in [1.82, 2.24) is 0 Å². The zero-order valence-corrected chi connectivity index (χ0v) is 15.3. The van der Waals surface area contributed by atoms with Crippen LogP contribution >= 0.6 is 23.2 Å². The van der Waals surface area contributed by atoms with Gasteiger partial charge in [-0.3, -0.25) is 4.79 Å². The summed E-state index contributed by atoms with van der Waals surface area (Å²) in [6, 6.07) is 12.3. The summed E-state index contributed by atoms with van der Waals surface area (Å²) in [5, 5.41) is 0.616. The smallest absolute Gasteiger partial charge is 0.340 e. The number of esters is 1. The third-order valence-electron chi connectivity index (χ3n) is 4.23. The highest BCUT2D eigenvalue weighted by atomic mass is 35.5. The van der Waals surface area contributed by atoms with Gasteiger partial charge in [0.25, 0.3) is 5.91 Å². The summed E-state index contributed by atoms with van der Waals surface area (Å²) in [5.74, 6) is -0.904. The lowest BCUT2D eigenvalue weighted by molar-refractivity contribution is -0.126. The number of anilines is 1. The first-order chi connectivity index (χ1) is 11.9. The molecule has 2 aromatic rings. The normalized spacial score (nSPS) is 17.1. The van der Waals surface area contributed by atoms with Crippen LogP contribution in [-0.2, 0) is 16.0 Å². The maximum absolute atomic E-state index is 12.8. The van der Waals surface area contributed by atoms with Gasteiger partial charge in [0.15, 0.2) is 6.10 Å². The van der Waals surface area contributed by atoms with Gasteiger partial charge in [0.1, 0.15) is 0 Å². The van der Waals surface area contributed by atoms with Crippen molar-refractivity contribution in [3.05, 3.63) is 63.6 Å². The maximum atomic E-state index is 12.8. The molecule has 3 rings (SSSR count). The van der Waals surface area contributed by atoms with Gasteiger partial charge < -0.3 is 9.64 Å². The van der Waals surface area contributed by atoms with Crippen molar-refractivity contribution in [2.45, 2.75) is 32.4 Å². The number of fused-ring (bicyclic) bond motifs is 1. The molecule has 0 N–H and O–H groups in total. The third-order valence-corrected chi connectivity index (χ3v) is 4.78. The fourth-order valence-electron chi connectivity index (χ4n) is 3.03. The number of ether oxygens (including phenoxy) is 1. The first-order valence-corrected chi connectivity index (χ1v) is 8.71. The fraction of sp³-hybridized carbons (Fsp3) is 0.263. The van der Waals surface area contributed by atoms with E-state index in [0.29, 0.717) is 5.02 Å². The van der Waals surface area contributed by atoms with E-state index >= 15 is 0 Å². The molecule has 0 spiro atoms. The van der Waals surface area contributed by atoms with E-state index in [4.69, 9.17) is 27.9 Å². The quantitative estimate of drug-likeness (QED) is 0.738. The molecule has 0 unspecified atom stereocenters. The summed E-state index contributed by atoms with van der Waals surface area (Å²) in [6.45, 7) is 3.54. The summed E-state index contributed by atoms with van der Waals surface area (Å²) >= 11 is 11.9. The van der Waals surface area contributed by atoms with E-state index in [1.807, 2.05) is 31.2 Å². The predicted molar refractivity (Wildman–Crippen MR) is 98.4 cm³/mol. The minimum atomic E-state index is -0.923. The van der Waals surface area contributed by atoms with Gasteiger partial charge in [0, 0.05) is 16.8 Å².